The van der Waals surface area contributed by atoms with Crippen molar-refractivity contribution in [2.45, 2.75) is 37.9 Å². The molecule has 3 rings (SSSR count). The normalized spacial score (nSPS) is 21.0. The Hall–Kier alpha value is -3.36. The fraction of sp³-hybridized carbons (Fsp3) is 0.583. The second-order valence-corrected chi connectivity index (χ2v) is 7.12. The van der Waals surface area contributed by atoms with Crippen LogP contribution in [0.5, 0.6) is 0 Å². The summed E-state index contributed by atoms with van der Waals surface area (Å²) in [4.78, 5) is 38.5. The molecule has 1 aromatic rings. The summed E-state index contributed by atoms with van der Waals surface area (Å²) in [6.45, 7) is -0.352. The number of hydrogen-bond donors (Lipinski definition) is 3. The number of nitrogens with zero attached hydrogens (tertiary/aromatic N) is 7. The number of hydroxylamine groups is 2. The Balaban J connectivity index is 1.52. The van der Waals surface area contributed by atoms with Crippen molar-refractivity contribution in [3.8, 4) is 6.07 Å². The van der Waals surface area contributed by atoms with Gasteiger partial charge in [-0.15, -0.1) is 14.5 Å². The highest BCUT2D eigenvalue weighted by molar-refractivity contribution is 7.80. The Morgan fingerprint density at radius 3 is 2.79 bits per heavy atom. The second-order valence-electron chi connectivity index (χ2n) is 6.12. The van der Waals surface area contributed by atoms with Gasteiger partial charge in [-0.2, -0.15) is 23.5 Å². The summed E-state index contributed by atoms with van der Waals surface area (Å²) < 4.78 is 34.8. The van der Waals surface area contributed by atoms with Crippen LogP contribution in [0.3, 0.4) is 0 Å². The molecule has 3 N–H and O–H groups in total. The standard InChI is InChI=1S/C12H15N9O7S/c13-4-3-9-14-18-20(17-9)6-10(22)15-16-11(23)8-2-1-7-5-19(8)12(24)21(7)28-29(25,26)27/h7-8H,1-3,5-6H2,(H,15,22)(H,16,23)(H,25,26,27)/t7-,8+/m1/s1. The predicted octanol–water partition coefficient (Wildman–Crippen LogP) is -3.11. The summed E-state index contributed by atoms with van der Waals surface area (Å²) in [6, 6.07) is -0.670. The lowest BCUT2D eigenvalue weighted by Crippen LogP contribution is -2.54. The van der Waals surface area contributed by atoms with Gasteiger partial charge in [0, 0.05) is 6.54 Å². The number of urea groups is 1. The highest BCUT2D eigenvalue weighted by Crippen LogP contribution is 2.30. The van der Waals surface area contributed by atoms with Gasteiger partial charge in [-0.1, -0.05) is 0 Å². The van der Waals surface area contributed by atoms with Crippen molar-refractivity contribution in [2.75, 3.05) is 6.54 Å². The van der Waals surface area contributed by atoms with Gasteiger partial charge in [0.05, 0.1) is 18.5 Å². The molecule has 1 aromatic heterocycles. The van der Waals surface area contributed by atoms with Gasteiger partial charge < -0.3 is 4.90 Å². The molecule has 29 heavy (non-hydrogen) atoms. The largest absolute Gasteiger partial charge is 0.418 e. The molecule has 0 unspecified atom stereocenters. The Morgan fingerprint density at radius 1 is 1.34 bits per heavy atom. The van der Waals surface area contributed by atoms with E-state index >= 15 is 0 Å². The van der Waals surface area contributed by atoms with E-state index in [4.69, 9.17) is 9.81 Å². The van der Waals surface area contributed by atoms with Crippen LogP contribution in [0.1, 0.15) is 18.7 Å². The second kappa shape index (κ2) is 7.94. The number of hydrazine groups is 1. The molecule has 2 bridgehead atoms. The summed E-state index contributed by atoms with van der Waals surface area (Å²) in [5.74, 6) is -1.24. The third kappa shape index (κ3) is 4.74. The number of amides is 4. The van der Waals surface area contributed by atoms with Crippen LogP contribution in [0.25, 0.3) is 0 Å². The van der Waals surface area contributed by atoms with Crippen molar-refractivity contribution in [2.24, 2.45) is 0 Å². The van der Waals surface area contributed by atoms with Crippen LogP contribution in [0.15, 0.2) is 0 Å². The van der Waals surface area contributed by atoms with E-state index in [1.54, 1.807) is 0 Å². The lowest BCUT2D eigenvalue weighted by molar-refractivity contribution is -0.132. The van der Waals surface area contributed by atoms with Crippen LogP contribution in [-0.2, 0) is 37.2 Å². The Bertz CT molecular complexity index is 971. The van der Waals surface area contributed by atoms with Gasteiger partial charge in [-0.3, -0.25) is 25.0 Å². The maximum absolute atomic E-state index is 12.3. The number of carbonyl (C=O) groups is 3. The molecular formula is C12H15N9O7S. The molecule has 4 amide bonds. The first-order valence-corrected chi connectivity index (χ1v) is 9.53. The fourth-order valence-electron chi connectivity index (χ4n) is 2.97. The van der Waals surface area contributed by atoms with Crippen LogP contribution < -0.4 is 10.9 Å². The van der Waals surface area contributed by atoms with E-state index in [0.29, 0.717) is 5.06 Å². The van der Waals surface area contributed by atoms with Crippen LogP contribution in [-0.4, -0.2) is 79.6 Å². The molecule has 0 spiro atoms. The summed E-state index contributed by atoms with van der Waals surface area (Å²) >= 11 is 0. The van der Waals surface area contributed by atoms with Crippen molar-refractivity contribution < 1.29 is 31.6 Å². The maximum atomic E-state index is 12.3. The van der Waals surface area contributed by atoms with E-state index in [1.807, 2.05) is 6.07 Å². The molecule has 17 heteroatoms. The molecule has 156 valence electrons. The summed E-state index contributed by atoms with van der Waals surface area (Å²) in [5.41, 5.74) is 4.31. The van der Waals surface area contributed by atoms with Crippen LogP contribution in [0.4, 0.5) is 4.79 Å². The fourth-order valence-corrected chi connectivity index (χ4v) is 3.36. The van der Waals surface area contributed by atoms with Gasteiger partial charge in [0.2, 0.25) is 0 Å². The topological polar surface area (TPSA) is 213 Å². The summed E-state index contributed by atoms with van der Waals surface area (Å²) in [5, 5.41) is 20.0. The average molecular weight is 429 g/mol. The first-order chi connectivity index (χ1) is 13.7. The van der Waals surface area contributed by atoms with Gasteiger partial charge in [-0.05, 0) is 18.1 Å². The van der Waals surface area contributed by atoms with Crippen LogP contribution >= 0.6 is 0 Å². The molecule has 2 fully saturated rings. The van der Waals surface area contributed by atoms with Gasteiger partial charge in [0.25, 0.3) is 11.8 Å². The number of hydrogen-bond acceptors (Lipinski definition) is 10. The maximum Gasteiger partial charge on any atom is 0.418 e. The van der Waals surface area contributed by atoms with Gasteiger partial charge in [-0.25, -0.2) is 4.79 Å². The van der Waals surface area contributed by atoms with Crippen LogP contribution in [0.2, 0.25) is 0 Å². The molecule has 16 nitrogen and oxygen atoms in total. The highest BCUT2D eigenvalue weighted by atomic mass is 32.3. The number of rotatable bonds is 6. The molecular weight excluding hydrogens is 414 g/mol. The summed E-state index contributed by atoms with van der Waals surface area (Å²) in [6.07, 6.45) is 0.364. The minimum Gasteiger partial charge on any atom is -0.309 e. The van der Waals surface area contributed by atoms with Crippen molar-refractivity contribution in [1.29, 1.82) is 5.26 Å². The Kier molecular flexibility index (Phi) is 5.58. The number of nitrogens with one attached hydrogen (secondary N) is 2. The molecule has 0 aromatic carbocycles. The minimum absolute atomic E-state index is 0.0188. The van der Waals surface area contributed by atoms with Crippen molar-refractivity contribution >= 4 is 28.2 Å². The molecule has 0 saturated carbocycles. The number of piperidine rings is 1. The van der Waals surface area contributed by atoms with Crippen molar-refractivity contribution in [3.63, 3.8) is 0 Å². The lowest BCUT2D eigenvalue weighted by atomic mass is 10.0. The average Bonchev–Trinajstić information content (AvgIpc) is 3.17. The molecule has 2 saturated heterocycles. The predicted molar refractivity (Wildman–Crippen MR) is 86.8 cm³/mol. The minimum atomic E-state index is -4.89. The number of fused-ring (bicyclic) bond motifs is 2. The Morgan fingerprint density at radius 2 is 2.10 bits per heavy atom. The molecule has 2 aliphatic heterocycles. The van der Waals surface area contributed by atoms with E-state index in [-0.39, 0.29) is 38.2 Å². The molecule has 0 radical (unpaired) electrons. The van der Waals surface area contributed by atoms with Gasteiger partial charge in [0.1, 0.15) is 12.6 Å². The molecule has 2 aliphatic rings. The van der Waals surface area contributed by atoms with E-state index < -0.39 is 40.3 Å². The van der Waals surface area contributed by atoms with Gasteiger partial charge >= 0.3 is 16.4 Å². The highest BCUT2D eigenvalue weighted by Gasteiger charge is 2.49. The quantitative estimate of drug-likeness (QED) is 0.304. The number of nitriles is 1. The zero-order valence-corrected chi connectivity index (χ0v) is 15.4. The van der Waals surface area contributed by atoms with Gasteiger partial charge in [0.15, 0.2) is 5.82 Å². The van der Waals surface area contributed by atoms with E-state index in [2.05, 4.69) is 30.5 Å². The smallest absolute Gasteiger partial charge is 0.309 e. The van der Waals surface area contributed by atoms with E-state index in [9.17, 15) is 22.8 Å². The number of aromatic nitrogens is 4. The lowest BCUT2D eigenvalue weighted by Gasteiger charge is -2.29. The Labute approximate surface area is 163 Å². The first kappa shape index (κ1) is 20.4. The van der Waals surface area contributed by atoms with Crippen molar-refractivity contribution in [3.05, 3.63) is 5.82 Å². The summed E-state index contributed by atoms with van der Waals surface area (Å²) in [7, 11) is -4.89. The zero-order chi connectivity index (χ0) is 21.2. The van der Waals surface area contributed by atoms with Crippen LogP contribution in [0, 0.1) is 11.3 Å². The number of tetrazole rings is 1. The molecule has 0 aliphatic carbocycles. The molecule has 3 heterocycles. The van der Waals surface area contributed by atoms with Crippen molar-refractivity contribution in [1.82, 2.24) is 41.0 Å². The van der Waals surface area contributed by atoms with E-state index in [1.165, 1.54) is 0 Å². The SMILES string of the molecule is N#CCc1nnn(CC(=O)NNC(=O)[C@@H]2CC[C@@H]3CN2C(=O)N3OS(=O)(=O)O)n1. The monoisotopic (exact) mass is 429 g/mol. The third-order valence-corrected chi connectivity index (χ3v) is 4.49. The first-order valence-electron chi connectivity index (χ1n) is 8.17. The zero-order valence-electron chi connectivity index (χ0n) is 14.6. The third-order valence-electron chi connectivity index (χ3n) is 4.14. The molecule has 2 atom stereocenters. The number of carbonyl (C=O) groups excluding carboxylic acids is 3. The van der Waals surface area contributed by atoms with E-state index in [0.717, 1.165) is 9.70 Å².